The molecule has 0 aliphatic rings. The number of H-pyrrole nitrogens is 1. The van der Waals surface area contributed by atoms with Gasteiger partial charge >= 0.3 is 0 Å². The second-order valence-electron chi connectivity index (χ2n) is 3.07. The van der Waals surface area contributed by atoms with E-state index >= 15 is 0 Å². The van der Waals surface area contributed by atoms with E-state index < -0.39 is 6.10 Å². The molecule has 0 saturated carbocycles. The van der Waals surface area contributed by atoms with Crippen molar-refractivity contribution in [2.45, 2.75) is 6.10 Å². The number of nitrogens with zero attached hydrogens (tertiary/aromatic N) is 1. The van der Waals surface area contributed by atoms with E-state index in [9.17, 15) is 5.11 Å². The maximum absolute atomic E-state index is 9.64. The fourth-order valence-corrected chi connectivity index (χ4v) is 1.17. The van der Waals surface area contributed by atoms with Crippen LogP contribution < -0.4 is 0 Å². The van der Waals surface area contributed by atoms with Gasteiger partial charge in [0.05, 0.1) is 6.20 Å². The summed E-state index contributed by atoms with van der Waals surface area (Å²) in [5.41, 5.74) is 1.57. The molecule has 1 atom stereocenters. The fourth-order valence-electron chi connectivity index (χ4n) is 1.17. The standard InChI is InChI=1S/C12H10N2O/c15-12(11-8-13-14-9-11)7-6-10-4-2-1-3-5-10/h1-5,8-9,12,15H,(H,13,14). The van der Waals surface area contributed by atoms with E-state index in [4.69, 9.17) is 0 Å². The number of aliphatic hydroxyl groups excluding tert-OH is 1. The highest BCUT2D eigenvalue weighted by atomic mass is 16.3. The molecule has 1 unspecified atom stereocenters. The molecule has 2 rings (SSSR count). The molecule has 0 spiro atoms. The summed E-state index contributed by atoms with van der Waals surface area (Å²) in [6, 6.07) is 9.55. The molecule has 0 aliphatic heterocycles. The van der Waals surface area contributed by atoms with E-state index in [1.54, 1.807) is 12.4 Å². The lowest BCUT2D eigenvalue weighted by molar-refractivity contribution is 0.238. The van der Waals surface area contributed by atoms with Crippen molar-refractivity contribution in [2.24, 2.45) is 0 Å². The SMILES string of the molecule is OC(C#Cc1ccccc1)c1cn[nH]c1. The Kier molecular flexibility index (Phi) is 2.82. The number of aromatic nitrogens is 2. The van der Waals surface area contributed by atoms with Crippen LogP contribution in [-0.4, -0.2) is 15.3 Å². The zero-order valence-electron chi connectivity index (χ0n) is 8.01. The molecule has 15 heavy (non-hydrogen) atoms. The smallest absolute Gasteiger partial charge is 0.143 e. The number of aromatic amines is 1. The summed E-state index contributed by atoms with van der Waals surface area (Å²) < 4.78 is 0. The van der Waals surface area contributed by atoms with Crippen LogP contribution in [0.15, 0.2) is 42.7 Å². The molecular weight excluding hydrogens is 188 g/mol. The number of hydrogen-bond acceptors (Lipinski definition) is 2. The molecule has 0 aliphatic carbocycles. The molecule has 0 bridgehead atoms. The maximum atomic E-state index is 9.64. The lowest BCUT2D eigenvalue weighted by Gasteiger charge is -1.96. The van der Waals surface area contributed by atoms with Crippen molar-refractivity contribution in [1.29, 1.82) is 0 Å². The number of nitrogens with one attached hydrogen (secondary N) is 1. The Morgan fingerprint density at radius 1 is 1.27 bits per heavy atom. The molecule has 3 nitrogen and oxygen atoms in total. The average molecular weight is 198 g/mol. The number of hydrogen-bond donors (Lipinski definition) is 2. The second kappa shape index (κ2) is 4.45. The van der Waals surface area contributed by atoms with Gasteiger partial charge < -0.3 is 5.11 Å². The van der Waals surface area contributed by atoms with Gasteiger partial charge in [-0.3, -0.25) is 5.10 Å². The van der Waals surface area contributed by atoms with E-state index in [1.165, 1.54) is 0 Å². The second-order valence-corrected chi connectivity index (χ2v) is 3.07. The maximum Gasteiger partial charge on any atom is 0.143 e. The van der Waals surface area contributed by atoms with E-state index in [2.05, 4.69) is 22.0 Å². The van der Waals surface area contributed by atoms with Gasteiger partial charge in [-0.15, -0.1) is 0 Å². The highest BCUT2D eigenvalue weighted by molar-refractivity contribution is 5.35. The first-order valence-electron chi connectivity index (χ1n) is 4.59. The molecule has 74 valence electrons. The predicted molar refractivity (Wildman–Crippen MR) is 56.9 cm³/mol. The minimum Gasteiger partial charge on any atom is -0.376 e. The number of aliphatic hydroxyl groups is 1. The highest BCUT2D eigenvalue weighted by Crippen LogP contribution is 2.08. The van der Waals surface area contributed by atoms with Crippen LogP contribution in [0, 0.1) is 11.8 Å². The van der Waals surface area contributed by atoms with Crippen molar-refractivity contribution in [1.82, 2.24) is 10.2 Å². The van der Waals surface area contributed by atoms with Gasteiger partial charge in [0.2, 0.25) is 0 Å². The first kappa shape index (κ1) is 9.50. The monoisotopic (exact) mass is 198 g/mol. The van der Waals surface area contributed by atoms with Crippen molar-refractivity contribution >= 4 is 0 Å². The van der Waals surface area contributed by atoms with Gasteiger partial charge in [0, 0.05) is 17.3 Å². The summed E-state index contributed by atoms with van der Waals surface area (Å²) in [5, 5.41) is 16.0. The minimum atomic E-state index is -0.788. The van der Waals surface area contributed by atoms with Crippen molar-refractivity contribution < 1.29 is 5.11 Å². The van der Waals surface area contributed by atoms with Gasteiger partial charge in [0.25, 0.3) is 0 Å². The summed E-state index contributed by atoms with van der Waals surface area (Å²) in [6.45, 7) is 0. The summed E-state index contributed by atoms with van der Waals surface area (Å²) in [4.78, 5) is 0. The molecule has 0 fully saturated rings. The van der Waals surface area contributed by atoms with Crippen molar-refractivity contribution in [3.63, 3.8) is 0 Å². The molecular formula is C12H10N2O. The Morgan fingerprint density at radius 3 is 2.73 bits per heavy atom. The number of benzene rings is 1. The zero-order valence-corrected chi connectivity index (χ0v) is 8.01. The van der Waals surface area contributed by atoms with Gasteiger partial charge in [0.1, 0.15) is 6.10 Å². The van der Waals surface area contributed by atoms with Gasteiger partial charge in [-0.05, 0) is 12.1 Å². The lowest BCUT2D eigenvalue weighted by Crippen LogP contribution is -1.90. The van der Waals surface area contributed by atoms with Crippen LogP contribution in [0.4, 0.5) is 0 Å². The van der Waals surface area contributed by atoms with Crippen LogP contribution in [0.2, 0.25) is 0 Å². The third-order valence-electron chi connectivity index (χ3n) is 1.96. The molecule has 3 heteroatoms. The summed E-state index contributed by atoms with van der Waals surface area (Å²) in [6.07, 6.45) is 2.40. The molecule has 1 heterocycles. The van der Waals surface area contributed by atoms with E-state index in [1.807, 2.05) is 30.3 Å². The van der Waals surface area contributed by atoms with Crippen molar-refractivity contribution in [2.75, 3.05) is 0 Å². The minimum absolute atomic E-state index is 0.679. The van der Waals surface area contributed by atoms with Crippen molar-refractivity contribution in [3.8, 4) is 11.8 Å². The van der Waals surface area contributed by atoms with E-state index in [0.717, 1.165) is 5.56 Å². The number of rotatable bonds is 1. The largest absolute Gasteiger partial charge is 0.376 e. The molecule has 2 N–H and O–H groups in total. The highest BCUT2D eigenvalue weighted by Gasteiger charge is 2.02. The Balaban J connectivity index is 2.13. The van der Waals surface area contributed by atoms with Crippen LogP contribution in [0.5, 0.6) is 0 Å². The quantitative estimate of drug-likeness (QED) is 0.682. The van der Waals surface area contributed by atoms with Gasteiger partial charge in [-0.1, -0.05) is 30.0 Å². The van der Waals surface area contributed by atoms with Crippen LogP contribution in [0.3, 0.4) is 0 Å². The Labute approximate surface area is 87.8 Å². The predicted octanol–water partition coefficient (Wildman–Crippen LogP) is 1.49. The molecule has 0 radical (unpaired) electrons. The fraction of sp³-hybridized carbons (Fsp3) is 0.0833. The first-order chi connectivity index (χ1) is 7.36. The molecule has 1 aromatic carbocycles. The van der Waals surface area contributed by atoms with Crippen LogP contribution in [0.25, 0.3) is 0 Å². The van der Waals surface area contributed by atoms with Gasteiger partial charge in [0.15, 0.2) is 0 Å². The van der Waals surface area contributed by atoms with E-state index in [-0.39, 0.29) is 0 Å². The van der Waals surface area contributed by atoms with Gasteiger partial charge in [-0.2, -0.15) is 5.10 Å². The Morgan fingerprint density at radius 2 is 2.07 bits per heavy atom. The third-order valence-corrected chi connectivity index (χ3v) is 1.96. The van der Waals surface area contributed by atoms with Crippen molar-refractivity contribution in [3.05, 3.63) is 53.9 Å². The first-order valence-corrected chi connectivity index (χ1v) is 4.59. The van der Waals surface area contributed by atoms with E-state index in [0.29, 0.717) is 5.56 Å². The molecule has 1 aromatic heterocycles. The van der Waals surface area contributed by atoms with Crippen LogP contribution in [-0.2, 0) is 0 Å². The Hall–Kier alpha value is -2.05. The van der Waals surface area contributed by atoms with Crippen LogP contribution in [0.1, 0.15) is 17.2 Å². The summed E-state index contributed by atoms with van der Waals surface area (Å²) in [5.74, 6) is 5.64. The molecule has 0 saturated heterocycles. The summed E-state index contributed by atoms with van der Waals surface area (Å²) >= 11 is 0. The normalized spacial score (nSPS) is 11.5. The zero-order chi connectivity index (χ0) is 10.5. The molecule has 2 aromatic rings. The van der Waals surface area contributed by atoms with Crippen LogP contribution >= 0.6 is 0 Å². The third kappa shape index (κ3) is 2.46. The summed E-state index contributed by atoms with van der Waals surface area (Å²) in [7, 11) is 0. The topological polar surface area (TPSA) is 48.9 Å². The Bertz CT molecular complexity index is 465. The lowest BCUT2D eigenvalue weighted by atomic mass is 10.2. The molecule has 0 amide bonds. The average Bonchev–Trinajstić information content (AvgIpc) is 2.81. The van der Waals surface area contributed by atoms with Gasteiger partial charge in [-0.25, -0.2) is 0 Å².